The summed E-state index contributed by atoms with van der Waals surface area (Å²) in [7, 11) is 0. The lowest BCUT2D eigenvalue weighted by Gasteiger charge is -2.18. The first kappa shape index (κ1) is 92.8. The minimum absolute atomic E-state index is 0.150. The second-order valence-corrected chi connectivity index (χ2v) is 32.4. The molecule has 0 unspecified atom stereocenters. The Labute approximate surface area is 694 Å². The Kier molecular flexibility index (Phi) is 45.9. The molecule has 20 heteroatoms. The minimum Gasteiger partial charge on any atom is -0.427 e. The zero-order valence-electron chi connectivity index (χ0n) is 71.6. The maximum atomic E-state index is 13.9. The number of hydrogen-bond donors (Lipinski definition) is 0. The predicted octanol–water partition coefficient (Wildman–Crippen LogP) is 24.5. The lowest BCUT2D eigenvalue weighted by molar-refractivity contribution is -0.135. The average molecular weight is 1590 g/mol. The van der Waals surface area contributed by atoms with Gasteiger partial charge in [0.1, 0.15) is 23.0 Å². The Morgan fingerprint density at radius 2 is 0.448 bits per heavy atom. The van der Waals surface area contributed by atoms with E-state index >= 15 is 0 Å². The highest BCUT2D eigenvalue weighted by atomic mass is 16.5. The molecule has 4 heterocycles. The highest BCUT2D eigenvalue weighted by Crippen LogP contribution is 2.43. The van der Waals surface area contributed by atoms with Crippen LogP contribution in [0, 0.1) is 0 Å². The first-order chi connectivity index (χ1) is 57.0. The van der Waals surface area contributed by atoms with Gasteiger partial charge in [0, 0.05) is 76.6 Å². The lowest BCUT2D eigenvalue weighted by atomic mass is 9.89. The molecule has 4 aromatic carbocycles. The van der Waals surface area contributed by atoms with Gasteiger partial charge < -0.3 is 18.9 Å². The summed E-state index contributed by atoms with van der Waals surface area (Å²) >= 11 is 0. The van der Waals surface area contributed by atoms with Crippen molar-refractivity contribution in [2.45, 2.75) is 388 Å². The van der Waals surface area contributed by atoms with E-state index in [1.54, 1.807) is 36.4 Å². The Morgan fingerprint density at radius 3 is 0.681 bits per heavy atom. The zero-order valence-corrected chi connectivity index (χ0v) is 71.6. The van der Waals surface area contributed by atoms with E-state index in [0.29, 0.717) is 85.5 Å². The fourth-order valence-electron chi connectivity index (χ4n) is 15.2. The van der Waals surface area contributed by atoms with Gasteiger partial charge >= 0.3 is 23.9 Å². The van der Waals surface area contributed by atoms with Crippen molar-refractivity contribution in [2.24, 2.45) is 0 Å². The minimum atomic E-state index is -0.397. The van der Waals surface area contributed by atoms with Crippen molar-refractivity contribution in [3.8, 4) is 56.4 Å². The van der Waals surface area contributed by atoms with Crippen molar-refractivity contribution < 1.29 is 38.1 Å². The van der Waals surface area contributed by atoms with Crippen LogP contribution in [0.15, 0.2) is 110 Å². The van der Waals surface area contributed by atoms with Crippen molar-refractivity contribution >= 4 is 23.9 Å². The van der Waals surface area contributed by atoms with Crippen LogP contribution in [0.25, 0.3) is 33.4 Å². The third-order valence-corrected chi connectivity index (χ3v) is 22.1. The number of aromatic nitrogens is 12. The standard InChI is InChI=1S/C96H142N12O8/c1-5-9-13-17-21-25-29-33-37-41-69-105-75-81(97-101-105)49-45-53-93(109)113-85-61-57-79(58-62-85)89-67-65-87(115-95(111)55-47-51-83-77-107(103-99-83)71-43-39-35-31-27-23-19-15-11-7-3)73-91(89)92-74-88(116-96(112)56-48-52-84-78-108(104-100-84)72-44-40-36-32-28-24-20-16-12-8-4)66-68-90(92)80-59-63-86(64-60-80)114-94(110)54-46-50-82-76-106(102-98-82)70-42-38-34-30-26-22-18-14-10-6-2/h57-68,73-78H,5-56,69-72H2,1-4H3. The second-order valence-electron chi connectivity index (χ2n) is 32.4. The van der Waals surface area contributed by atoms with Crippen LogP contribution in [0.5, 0.6) is 23.0 Å². The molecular weight excluding hydrogens is 1450 g/mol. The van der Waals surface area contributed by atoms with E-state index in [0.717, 1.165) is 96.9 Å². The molecule has 0 atom stereocenters. The number of nitrogens with zero attached hydrogens (tertiary/aromatic N) is 12. The number of carbonyl (C=O) groups excluding carboxylic acids is 4. The Morgan fingerprint density at radius 1 is 0.241 bits per heavy atom. The fourth-order valence-corrected chi connectivity index (χ4v) is 15.2. The Hall–Kier alpha value is -8.68. The summed E-state index contributed by atoms with van der Waals surface area (Å²) < 4.78 is 32.0. The van der Waals surface area contributed by atoms with Crippen LogP contribution in [0.4, 0.5) is 0 Å². The zero-order chi connectivity index (χ0) is 81.5. The van der Waals surface area contributed by atoms with E-state index in [2.05, 4.69) is 68.9 Å². The first-order valence-corrected chi connectivity index (χ1v) is 45.9. The van der Waals surface area contributed by atoms with Gasteiger partial charge in [-0.05, 0) is 159 Å². The van der Waals surface area contributed by atoms with Gasteiger partial charge in [0.25, 0.3) is 0 Å². The van der Waals surface area contributed by atoms with Crippen LogP contribution in [0.3, 0.4) is 0 Å². The third kappa shape index (κ3) is 38.2. The van der Waals surface area contributed by atoms with E-state index in [9.17, 15) is 19.2 Å². The smallest absolute Gasteiger partial charge is 0.311 e. The molecule has 116 heavy (non-hydrogen) atoms. The number of ether oxygens (including phenoxy) is 4. The summed E-state index contributed by atoms with van der Waals surface area (Å²) in [6.07, 6.45) is 64.2. The molecule has 634 valence electrons. The summed E-state index contributed by atoms with van der Waals surface area (Å²) in [5, 5.41) is 35.2. The van der Waals surface area contributed by atoms with Gasteiger partial charge in [0.05, 0.1) is 22.8 Å². The van der Waals surface area contributed by atoms with E-state index in [-0.39, 0.29) is 37.6 Å². The predicted molar refractivity (Wildman–Crippen MR) is 465 cm³/mol. The molecule has 0 saturated heterocycles. The van der Waals surface area contributed by atoms with Gasteiger partial charge in [0.15, 0.2) is 0 Å². The topological polar surface area (TPSA) is 228 Å². The molecule has 0 spiro atoms. The van der Waals surface area contributed by atoms with Crippen molar-refractivity contribution in [1.82, 2.24) is 60.0 Å². The Bertz CT molecular complexity index is 3720. The molecule has 0 fully saturated rings. The number of rotatable bonds is 67. The highest BCUT2D eigenvalue weighted by molar-refractivity contribution is 5.94. The molecule has 8 rings (SSSR count). The molecular formula is C96H142N12O8. The number of esters is 4. The Balaban J connectivity index is 0.940. The second kappa shape index (κ2) is 57.4. The van der Waals surface area contributed by atoms with Gasteiger partial charge in [-0.25, -0.2) is 0 Å². The number of aryl methyl sites for hydroxylation is 8. The lowest BCUT2D eigenvalue weighted by Crippen LogP contribution is -2.09. The molecule has 0 aliphatic carbocycles. The van der Waals surface area contributed by atoms with Crippen LogP contribution in [-0.2, 0) is 71.0 Å². The average Bonchev–Trinajstić information content (AvgIpc) is 1.32. The largest absolute Gasteiger partial charge is 0.427 e. The van der Waals surface area contributed by atoms with Crippen LogP contribution in [0.1, 0.15) is 359 Å². The van der Waals surface area contributed by atoms with Crippen LogP contribution in [0.2, 0.25) is 0 Å². The number of hydrogen-bond acceptors (Lipinski definition) is 16. The van der Waals surface area contributed by atoms with E-state index < -0.39 is 11.9 Å². The van der Waals surface area contributed by atoms with Crippen LogP contribution < -0.4 is 18.9 Å². The van der Waals surface area contributed by atoms with Gasteiger partial charge in [0.2, 0.25) is 0 Å². The summed E-state index contributed by atoms with van der Waals surface area (Å²) in [4.78, 5) is 54.7. The van der Waals surface area contributed by atoms with Crippen molar-refractivity contribution in [1.29, 1.82) is 0 Å². The number of carbonyl (C=O) groups is 4. The fraction of sp³-hybridized carbons (Fsp3) is 0.625. The van der Waals surface area contributed by atoms with E-state index in [4.69, 9.17) is 18.9 Å². The first-order valence-electron chi connectivity index (χ1n) is 45.9. The third-order valence-electron chi connectivity index (χ3n) is 22.1. The van der Waals surface area contributed by atoms with Gasteiger partial charge in [-0.2, -0.15) is 0 Å². The summed E-state index contributed by atoms with van der Waals surface area (Å²) in [6.45, 7) is 12.4. The van der Waals surface area contributed by atoms with Crippen LogP contribution >= 0.6 is 0 Å². The molecule has 0 amide bonds. The normalized spacial score (nSPS) is 11.4. The maximum absolute atomic E-state index is 13.9. The van der Waals surface area contributed by atoms with Gasteiger partial charge in [-0.3, -0.25) is 37.9 Å². The molecule has 0 bridgehead atoms. The molecule has 0 radical (unpaired) electrons. The van der Waals surface area contributed by atoms with Gasteiger partial charge in [-0.1, -0.05) is 316 Å². The molecule has 8 aromatic rings. The molecule has 0 aliphatic heterocycles. The van der Waals surface area contributed by atoms with Gasteiger partial charge in [-0.15, -0.1) is 20.4 Å². The molecule has 0 aliphatic rings. The van der Waals surface area contributed by atoms with Crippen molar-refractivity contribution in [3.63, 3.8) is 0 Å². The van der Waals surface area contributed by atoms with Crippen LogP contribution in [-0.4, -0.2) is 83.9 Å². The number of benzene rings is 4. The molecule has 0 N–H and O–H groups in total. The van der Waals surface area contributed by atoms with E-state index in [1.807, 2.05) is 92.0 Å². The summed E-state index contributed by atoms with van der Waals surface area (Å²) in [5.41, 5.74) is 7.82. The molecule has 20 nitrogen and oxygen atoms in total. The highest BCUT2D eigenvalue weighted by Gasteiger charge is 2.21. The number of unbranched alkanes of at least 4 members (excludes halogenated alkanes) is 36. The monoisotopic (exact) mass is 1590 g/mol. The molecule has 0 saturated carbocycles. The van der Waals surface area contributed by atoms with Crippen molar-refractivity contribution in [2.75, 3.05) is 0 Å². The van der Waals surface area contributed by atoms with E-state index in [1.165, 1.54) is 231 Å². The summed E-state index contributed by atoms with van der Waals surface area (Å²) in [5.74, 6) is -0.0527. The maximum Gasteiger partial charge on any atom is 0.311 e. The molecule has 4 aromatic heterocycles. The summed E-state index contributed by atoms with van der Waals surface area (Å²) in [6, 6.07) is 25.8. The SMILES string of the molecule is CCCCCCCCCCCCn1cc(CCCC(=O)Oc2ccc(-c3ccc(OC(=O)CCCc4cn(CCCCCCCCCCCC)nn4)cc3-c3cc(OC(=O)CCCc4cn(CCCCCCCCCCCC)nn4)ccc3-c3ccc(OC(=O)CCCc4cn(CCCCCCCCCCCC)nn4)cc3)cc2)nn1. The van der Waals surface area contributed by atoms with Crippen molar-refractivity contribution in [3.05, 3.63) is 132 Å². The quantitative estimate of drug-likeness (QED) is 0.0196.